The van der Waals surface area contributed by atoms with Crippen LogP contribution in [0.2, 0.25) is 0 Å². The minimum absolute atomic E-state index is 0.0296. The molecule has 0 N–H and O–H groups in total. The predicted octanol–water partition coefficient (Wildman–Crippen LogP) is 2.67. The second-order valence-corrected chi connectivity index (χ2v) is 4.99. The van der Waals surface area contributed by atoms with Gasteiger partial charge in [-0.1, -0.05) is 0 Å². The first-order valence-corrected chi connectivity index (χ1v) is 7.09. The Morgan fingerprint density at radius 3 is 2.88 bits per heavy atom. The lowest BCUT2D eigenvalue weighted by Gasteiger charge is -2.04. The fourth-order valence-corrected chi connectivity index (χ4v) is 2.13. The summed E-state index contributed by atoms with van der Waals surface area (Å²) in [5, 5.41) is 15.0. The van der Waals surface area contributed by atoms with Crippen LogP contribution in [0.5, 0.6) is 0 Å². The third kappa shape index (κ3) is 3.66. The molecule has 126 valence electrons. The van der Waals surface area contributed by atoms with E-state index in [4.69, 9.17) is 4.74 Å². The van der Waals surface area contributed by atoms with Gasteiger partial charge in [-0.05, 0) is 24.3 Å². The Hall–Kier alpha value is -3.62. The molecule has 0 unspecified atom stereocenters. The minimum Gasteiger partial charge on any atom is -0.457 e. The van der Waals surface area contributed by atoms with Crippen molar-refractivity contribution in [2.75, 3.05) is 0 Å². The number of nitrogens with zero attached hydrogens (tertiary/aromatic N) is 4. The number of halogens is 1. The van der Waals surface area contributed by atoms with Gasteiger partial charge in [0, 0.05) is 18.5 Å². The predicted molar refractivity (Wildman–Crippen MR) is 83.5 cm³/mol. The molecule has 0 radical (unpaired) electrons. The van der Waals surface area contributed by atoms with Crippen molar-refractivity contribution in [2.24, 2.45) is 0 Å². The summed E-state index contributed by atoms with van der Waals surface area (Å²) in [5.41, 5.74) is 0.462. The highest BCUT2D eigenvalue weighted by Gasteiger charge is 2.17. The van der Waals surface area contributed by atoms with Gasteiger partial charge in [0.25, 0.3) is 5.69 Å². The average Bonchev–Trinajstić information content (AvgIpc) is 3.10. The first kappa shape index (κ1) is 16.2. The van der Waals surface area contributed by atoms with Crippen LogP contribution in [0.4, 0.5) is 10.1 Å². The Kier molecular flexibility index (Phi) is 4.46. The smallest absolute Gasteiger partial charge is 0.341 e. The van der Waals surface area contributed by atoms with Crippen molar-refractivity contribution >= 4 is 11.7 Å². The van der Waals surface area contributed by atoms with E-state index >= 15 is 0 Å². The van der Waals surface area contributed by atoms with E-state index in [2.05, 4.69) is 10.1 Å². The quantitative estimate of drug-likeness (QED) is 0.401. The number of nitro benzene ring substituents is 1. The highest BCUT2D eigenvalue weighted by Crippen LogP contribution is 2.21. The Balaban J connectivity index is 1.73. The molecule has 0 saturated carbocycles. The summed E-state index contributed by atoms with van der Waals surface area (Å²) in [6.45, 7) is -0.426. The molecule has 0 amide bonds. The van der Waals surface area contributed by atoms with Crippen LogP contribution >= 0.6 is 0 Å². The number of esters is 1. The van der Waals surface area contributed by atoms with Gasteiger partial charge in [0.1, 0.15) is 12.4 Å². The molecule has 3 aromatic rings. The Morgan fingerprint density at radius 1 is 1.32 bits per heavy atom. The lowest BCUT2D eigenvalue weighted by Crippen LogP contribution is -2.06. The van der Waals surface area contributed by atoms with E-state index in [1.807, 2.05) is 0 Å². The summed E-state index contributed by atoms with van der Waals surface area (Å²) in [6.07, 6.45) is 5.92. The number of ether oxygens (including phenoxy) is 1. The molecule has 8 nitrogen and oxygen atoms in total. The highest BCUT2D eigenvalue weighted by atomic mass is 19.1. The molecule has 2 aromatic heterocycles. The summed E-state index contributed by atoms with van der Waals surface area (Å²) in [5.74, 6) is -1.38. The fraction of sp³-hybridized carbons (Fsp3) is 0.0625. The van der Waals surface area contributed by atoms with Gasteiger partial charge in [-0.3, -0.25) is 15.1 Å². The summed E-state index contributed by atoms with van der Waals surface area (Å²) < 4.78 is 19.7. The van der Waals surface area contributed by atoms with Crippen LogP contribution in [0.3, 0.4) is 0 Å². The standard InChI is InChI=1S/C16H11FN4O4/c17-13-3-4-15(21(23)24)11(6-13)10-25-16(22)12-7-19-20(9-12)14-2-1-5-18-8-14/h1-9H,10H2. The fourth-order valence-electron chi connectivity index (χ4n) is 2.13. The second-order valence-electron chi connectivity index (χ2n) is 4.99. The van der Waals surface area contributed by atoms with Gasteiger partial charge in [0.15, 0.2) is 0 Å². The van der Waals surface area contributed by atoms with E-state index < -0.39 is 23.3 Å². The van der Waals surface area contributed by atoms with Crippen molar-refractivity contribution in [3.05, 3.63) is 82.2 Å². The van der Waals surface area contributed by atoms with E-state index in [-0.39, 0.29) is 16.8 Å². The molecule has 0 saturated heterocycles. The van der Waals surface area contributed by atoms with Crippen LogP contribution in [-0.2, 0) is 11.3 Å². The summed E-state index contributed by atoms with van der Waals surface area (Å²) in [6, 6.07) is 6.44. The summed E-state index contributed by atoms with van der Waals surface area (Å²) in [7, 11) is 0. The van der Waals surface area contributed by atoms with E-state index in [0.29, 0.717) is 5.69 Å². The largest absolute Gasteiger partial charge is 0.457 e. The molecule has 25 heavy (non-hydrogen) atoms. The third-order valence-corrected chi connectivity index (χ3v) is 3.33. The molecule has 1 aromatic carbocycles. The minimum atomic E-state index is -0.728. The molecule has 0 spiro atoms. The van der Waals surface area contributed by atoms with Gasteiger partial charge in [0.05, 0.1) is 34.1 Å². The number of aromatic nitrogens is 3. The van der Waals surface area contributed by atoms with Crippen molar-refractivity contribution in [1.82, 2.24) is 14.8 Å². The molecular weight excluding hydrogens is 331 g/mol. The van der Waals surface area contributed by atoms with Gasteiger partial charge >= 0.3 is 5.97 Å². The molecule has 0 bridgehead atoms. The number of hydrogen-bond donors (Lipinski definition) is 0. The molecule has 9 heteroatoms. The third-order valence-electron chi connectivity index (χ3n) is 3.33. The second kappa shape index (κ2) is 6.87. The molecule has 0 aliphatic carbocycles. The van der Waals surface area contributed by atoms with Crippen molar-refractivity contribution in [3.63, 3.8) is 0 Å². The number of hydrogen-bond acceptors (Lipinski definition) is 6. The van der Waals surface area contributed by atoms with Crippen molar-refractivity contribution < 1.29 is 18.8 Å². The normalized spacial score (nSPS) is 10.4. The average molecular weight is 342 g/mol. The molecule has 0 atom stereocenters. The lowest BCUT2D eigenvalue weighted by molar-refractivity contribution is -0.385. The maximum absolute atomic E-state index is 13.3. The first-order chi connectivity index (χ1) is 12.0. The van der Waals surface area contributed by atoms with E-state index in [0.717, 1.165) is 18.2 Å². The van der Waals surface area contributed by atoms with Crippen molar-refractivity contribution in [2.45, 2.75) is 6.61 Å². The topological polar surface area (TPSA) is 100 Å². The monoisotopic (exact) mass is 342 g/mol. The number of benzene rings is 1. The molecule has 0 aliphatic heterocycles. The molecule has 2 heterocycles. The van der Waals surface area contributed by atoms with Crippen LogP contribution in [0, 0.1) is 15.9 Å². The number of nitro groups is 1. The Morgan fingerprint density at radius 2 is 2.16 bits per heavy atom. The highest BCUT2D eigenvalue weighted by molar-refractivity contribution is 5.88. The van der Waals surface area contributed by atoms with E-state index in [1.54, 1.807) is 24.5 Å². The molecular formula is C16H11FN4O4. The van der Waals surface area contributed by atoms with Crippen LogP contribution in [-0.4, -0.2) is 25.7 Å². The van der Waals surface area contributed by atoms with Crippen molar-refractivity contribution in [3.8, 4) is 5.69 Å². The number of carbonyl (C=O) groups excluding carboxylic acids is 1. The van der Waals surface area contributed by atoms with Gasteiger partial charge in [0.2, 0.25) is 0 Å². The molecule has 0 aliphatic rings. The zero-order valence-corrected chi connectivity index (χ0v) is 12.7. The zero-order valence-electron chi connectivity index (χ0n) is 12.7. The molecule has 0 fully saturated rings. The van der Waals surface area contributed by atoms with Gasteiger partial charge in [-0.2, -0.15) is 5.10 Å². The molecule has 3 rings (SSSR count). The van der Waals surface area contributed by atoms with Gasteiger partial charge < -0.3 is 4.74 Å². The van der Waals surface area contributed by atoms with Gasteiger partial charge in [-0.15, -0.1) is 0 Å². The SMILES string of the molecule is O=C(OCc1cc(F)ccc1[N+](=O)[O-])c1cnn(-c2cccnc2)c1. The summed E-state index contributed by atoms with van der Waals surface area (Å²) >= 11 is 0. The lowest BCUT2D eigenvalue weighted by atomic mass is 10.2. The number of rotatable bonds is 5. The zero-order chi connectivity index (χ0) is 17.8. The van der Waals surface area contributed by atoms with E-state index in [9.17, 15) is 19.3 Å². The first-order valence-electron chi connectivity index (χ1n) is 7.09. The van der Waals surface area contributed by atoms with Crippen LogP contribution in [0.1, 0.15) is 15.9 Å². The number of pyridine rings is 1. The maximum Gasteiger partial charge on any atom is 0.341 e. The van der Waals surface area contributed by atoms with E-state index in [1.165, 1.54) is 17.1 Å². The van der Waals surface area contributed by atoms with Crippen LogP contribution in [0.15, 0.2) is 55.1 Å². The van der Waals surface area contributed by atoms with Crippen molar-refractivity contribution in [1.29, 1.82) is 0 Å². The summed E-state index contributed by atoms with van der Waals surface area (Å²) in [4.78, 5) is 26.3. The maximum atomic E-state index is 13.3. The Bertz CT molecular complexity index is 927. The van der Waals surface area contributed by atoms with Crippen LogP contribution in [0.25, 0.3) is 5.69 Å². The van der Waals surface area contributed by atoms with Gasteiger partial charge in [-0.25, -0.2) is 13.9 Å². The Labute approximate surface area is 140 Å². The van der Waals surface area contributed by atoms with Crippen LogP contribution < -0.4 is 0 Å². The number of carbonyl (C=O) groups is 1.